The summed E-state index contributed by atoms with van der Waals surface area (Å²) in [6.45, 7) is 7.01. The van der Waals surface area contributed by atoms with Gasteiger partial charge in [-0.15, -0.1) is 0 Å². The predicted molar refractivity (Wildman–Crippen MR) is 99.2 cm³/mol. The molecule has 0 spiro atoms. The molecule has 26 heavy (non-hydrogen) atoms. The maximum atomic E-state index is 11.1. The maximum Gasteiger partial charge on any atom is 0.335 e. The molecule has 1 fully saturated rings. The Kier molecular flexibility index (Phi) is 5.98. The molecule has 0 amide bonds. The first-order valence-electron chi connectivity index (χ1n) is 8.60. The number of nitrogens with zero attached hydrogens (tertiary/aromatic N) is 3. The Bertz CT molecular complexity index is 762. The average molecular weight is 357 g/mol. The van der Waals surface area contributed by atoms with Crippen molar-refractivity contribution in [2.24, 2.45) is 0 Å². The second kappa shape index (κ2) is 8.59. The van der Waals surface area contributed by atoms with Gasteiger partial charge in [-0.2, -0.15) is 4.98 Å². The number of ether oxygens (including phenoxy) is 1. The number of aromatic nitrogens is 2. The third-order valence-corrected chi connectivity index (χ3v) is 4.05. The number of anilines is 3. The van der Waals surface area contributed by atoms with E-state index in [-0.39, 0.29) is 5.56 Å². The van der Waals surface area contributed by atoms with Crippen molar-refractivity contribution in [3.8, 4) is 0 Å². The molecule has 3 N–H and O–H groups in total. The fourth-order valence-electron chi connectivity index (χ4n) is 2.74. The molecule has 1 saturated heterocycles. The summed E-state index contributed by atoms with van der Waals surface area (Å²) in [5.41, 5.74) is 1.72. The first-order chi connectivity index (χ1) is 12.6. The number of carboxylic acid groups (broad SMARTS) is 1. The molecule has 0 bridgehead atoms. The Hall–Kier alpha value is -2.71. The highest BCUT2D eigenvalue weighted by Gasteiger charge is 2.10. The molecule has 0 saturated carbocycles. The zero-order valence-electron chi connectivity index (χ0n) is 14.7. The minimum atomic E-state index is -0.960. The second-order valence-electron chi connectivity index (χ2n) is 6.11. The third-order valence-electron chi connectivity index (χ3n) is 4.05. The van der Waals surface area contributed by atoms with E-state index in [1.807, 2.05) is 13.0 Å². The van der Waals surface area contributed by atoms with Gasteiger partial charge in [0.25, 0.3) is 0 Å². The van der Waals surface area contributed by atoms with Crippen LogP contribution in [0.2, 0.25) is 0 Å². The minimum absolute atomic E-state index is 0.227. The molecular weight excluding hydrogens is 334 g/mol. The van der Waals surface area contributed by atoms with E-state index in [1.165, 1.54) is 0 Å². The zero-order chi connectivity index (χ0) is 18.4. The highest BCUT2D eigenvalue weighted by atomic mass is 16.5. The van der Waals surface area contributed by atoms with Gasteiger partial charge in [-0.3, -0.25) is 4.90 Å². The van der Waals surface area contributed by atoms with Gasteiger partial charge in [0.2, 0.25) is 5.95 Å². The van der Waals surface area contributed by atoms with Crippen molar-refractivity contribution in [2.45, 2.75) is 6.92 Å². The van der Waals surface area contributed by atoms with E-state index >= 15 is 0 Å². The monoisotopic (exact) mass is 357 g/mol. The van der Waals surface area contributed by atoms with Gasteiger partial charge in [-0.05, 0) is 25.1 Å². The van der Waals surface area contributed by atoms with Crippen LogP contribution >= 0.6 is 0 Å². The minimum Gasteiger partial charge on any atom is -0.478 e. The van der Waals surface area contributed by atoms with E-state index < -0.39 is 5.97 Å². The lowest BCUT2D eigenvalue weighted by Crippen LogP contribution is -2.39. The fourth-order valence-corrected chi connectivity index (χ4v) is 2.74. The SMILES string of the molecule is Cc1cc(Nc2cccc(C(=O)O)c2)nc(NCCN2CCOCC2)n1. The first-order valence-corrected chi connectivity index (χ1v) is 8.60. The molecule has 8 heteroatoms. The predicted octanol–water partition coefficient (Wildman–Crippen LogP) is 1.97. The summed E-state index contributed by atoms with van der Waals surface area (Å²) in [7, 11) is 0. The van der Waals surface area contributed by atoms with Crippen LogP contribution in [-0.2, 0) is 4.74 Å². The van der Waals surface area contributed by atoms with Crippen molar-refractivity contribution >= 4 is 23.4 Å². The first kappa shape index (κ1) is 18.1. The van der Waals surface area contributed by atoms with Gasteiger partial charge in [0.1, 0.15) is 5.82 Å². The van der Waals surface area contributed by atoms with Crippen LogP contribution in [0, 0.1) is 6.92 Å². The number of aromatic carboxylic acids is 1. The van der Waals surface area contributed by atoms with E-state index in [0.717, 1.165) is 45.1 Å². The summed E-state index contributed by atoms with van der Waals surface area (Å²) in [5, 5.41) is 15.5. The number of aryl methyl sites for hydroxylation is 1. The summed E-state index contributed by atoms with van der Waals surface area (Å²) in [4.78, 5) is 22.3. The van der Waals surface area contributed by atoms with Gasteiger partial charge in [0, 0.05) is 43.6 Å². The summed E-state index contributed by atoms with van der Waals surface area (Å²) < 4.78 is 5.34. The molecule has 0 atom stereocenters. The summed E-state index contributed by atoms with van der Waals surface area (Å²) in [6, 6.07) is 8.44. The fraction of sp³-hybridized carbons (Fsp3) is 0.389. The molecule has 2 heterocycles. The number of hydrogen-bond donors (Lipinski definition) is 3. The number of carboxylic acids is 1. The maximum absolute atomic E-state index is 11.1. The molecule has 3 rings (SSSR count). The van der Waals surface area contributed by atoms with Gasteiger partial charge < -0.3 is 20.5 Å². The van der Waals surface area contributed by atoms with Crippen LogP contribution in [0.1, 0.15) is 16.1 Å². The highest BCUT2D eigenvalue weighted by Crippen LogP contribution is 2.18. The molecule has 1 aromatic carbocycles. The average Bonchev–Trinajstić information content (AvgIpc) is 2.62. The molecule has 0 aliphatic carbocycles. The largest absolute Gasteiger partial charge is 0.478 e. The van der Waals surface area contributed by atoms with Crippen molar-refractivity contribution in [3.63, 3.8) is 0 Å². The van der Waals surface area contributed by atoms with Crippen LogP contribution in [0.3, 0.4) is 0 Å². The van der Waals surface area contributed by atoms with Gasteiger partial charge in [0.15, 0.2) is 0 Å². The molecule has 0 radical (unpaired) electrons. The van der Waals surface area contributed by atoms with E-state index in [0.29, 0.717) is 17.5 Å². The molecule has 2 aromatic rings. The Morgan fingerprint density at radius 3 is 2.85 bits per heavy atom. The summed E-state index contributed by atoms with van der Waals surface area (Å²) >= 11 is 0. The van der Waals surface area contributed by atoms with Crippen LogP contribution in [0.4, 0.5) is 17.5 Å². The highest BCUT2D eigenvalue weighted by molar-refractivity contribution is 5.89. The van der Waals surface area contributed by atoms with Crippen LogP contribution in [0.5, 0.6) is 0 Å². The van der Waals surface area contributed by atoms with Crippen LogP contribution in [0.25, 0.3) is 0 Å². The molecule has 138 valence electrons. The summed E-state index contributed by atoms with van der Waals surface area (Å²) in [6.07, 6.45) is 0. The van der Waals surface area contributed by atoms with Crippen LogP contribution in [0.15, 0.2) is 30.3 Å². The number of morpholine rings is 1. The lowest BCUT2D eigenvalue weighted by molar-refractivity contribution is 0.0398. The van der Waals surface area contributed by atoms with E-state index in [4.69, 9.17) is 9.84 Å². The molecule has 0 unspecified atom stereocenters. The Balaban J connectivity index is 1.61. The van der Waals surface area contributed by atoms with E-state index in [1.54, 1.807) is 24.3 Å². The molecule has 1 aliphatic rings. The smallest absolute Gasteiger partial charge is 0.335 e. The Morgan fingerprint density at radius 1 is 1.27 bits per heavy atom. The van der Waals surface area contributed by atoms with Gasteiger partial charge >= 0.3 is 5.97 Å². The number of rotatable bonds is 7. The van der Waals surface area contributed by atoms with Crippen molar-refractivity contribution < 1.29 is 14.6 Å². The van der Waals surface area contributed by atoms with Gasteiger partial charge in [-0.25, -0.2) is 9.78 Å². The van der Waals surface area contributed by atoms with E-state index in [2.05, 4.69) is 25.5 Å². The van der Waals surface area contributed by atoms with Gasteiger partial charge in [-0.1, -0.05) is 6.07 Å². The Labute approximate surface area is 152 Å². The number of hydrogen-bond acceptors (Lipinski definition) is 7. The molecule has 8 nitrogen and oxygen atoms in total. The number of benzene rings is 1. The molecular formula is C18H23N5O3. The molecule has 1 aromatic heterocycles. The van der Waals surface area contributed by atoms with E-state index in [9.17, 15) is 4.79 Å². The molecule has 1 aliphatic heterocycles. The van der Waals surface area contributed by atoms with Crippen LogP contribution < -0.4 is 10.6 Å². The number of carbonyl (C=O) groups is 1. The lowest BCUT2D eigenvalue weighted by Gasteiger charge is -2.26. The standard InChI is InChI=1S/C18H23N5O3/c1-13-11-16(21-15-4-2-3-14(12-15)17(24)25)22-18(20-13)19-5-6-23-7-9-26-10-8-23/h2-4,11-12H,5-10H2,1H3,(H,24,25)(H2,19,20,21,22). The van der Waals surface area contributed by atoms with Gasteiger partial charge in [0.05, 0.1) is 18.8 Å². The second-order valence-corrected chi connectivity index (χ2v) is 6.11. The number of nitrogens with one attached hydrogen (secondary N) is 2. The van der Waals surface area contributed by atoms with Crippen molar-refractivity contribution in [1.82, 2.24) is 14.9 Å². The van der Waals surface area contributed by atoms with Crippen molar-refractivity contribution in [3.05, 3.63) is 41.6 Å². The lowest BCUT2D eigenvalue weighted by atomic mass is 10.2. The zero-order valence-corrected chi connectivity index (χ0v) is 14.7. The summed E-state index contributed by atoms with van der Waals surface area (Å²) in [5.74, 6) is 0.210. The Morgan fingerprint density at radius 2 is 2.08 bits per heavy atom. The van der Waals surface area contributed by atoms with Crippen molar-refractivity contribution in [1.29, 1.82) is 0 Å². The normalized spacial score (nSPS) is 14.8. The third kappa shape index (κ3) is 5.14. The topological polar surface area (TPSA) is 99.6 Å². The quantitative estimate of drug-likeness (QED) is 0.692. The van der Waals surface area contributed by atoms with Crippen molar-refractivity contribution in [2.75, 3.05) is 50.0 Å². The van der Waals surface area contributed by atoms with Crippen LogP contribution in [-0.4, -0.2) is 65.3 Å².